The second-order valence-corrected chi connectivity index (χ2v) is 3.26. The van der Waals surface area contributed by atoms with Crippen molar-refractivity contribution in [2.24, 2.45) is 0 Å². The van der Waals surface area contributed by atoms with Gasteiger partial charge in [0.1, 0.15) is 0 Å². The van der Waals surface area contributed by atoms with E-state index in [-0.39, 0.29) is 30.9 Å². The molecule has 0 spiro atoms. The van der Waals surface area contributed by atoms with Gasteiger partial charge in [-0.3, -0.25) is 0 Å². The minimum absolute atomic E-state index is 0. The predicted molar refractivity (Wildman–Crippen MR) is 63.2 cm³/mol. The van der Waals surface area contributed by atoms with Gasteiger partial charge >= 0.3 is 0 Å². The van der Waals surface area contributed by atoms with Crippen molar-refractivity contribution >= 4 is 36.2 Å². The lowest BCUT2D eigenvalue weighted by atomic mass is 10.1. The number of hydrogen-bond acceptors (Lipinski definition) is 3. The van der Waals surface area contributed by atoms with Gasteiger partial charge in [0.2, 0.25) is 0 Å². The van der Waals surface area contributed by atoms with Crippen LogP contribution in [0.2, 0.25) is 0 Å². The molecule has 0 bridgehead atoms. The van der Waals surface area contributed by atoms with E-state index in [2.05, 4.69) is 0 Å². The molecule has 0 aromatic heterocycles. The van der Waals surface area contributed by atoms with E-state index in [1.165, 1.54) is 0 Å². The molecule has 0 radical (unpaired) electrons. The lowest BCUT2D eigenvalue weighted by molar-refractivity contribution is 0.187. The first-order chi connectivity index (χ1) is 5.68. The molecule has 0 amide bonds. The highest BCUT2D eigenvalue weighted by atomic mass is 35.5. The number of aliphatic hydroxyl groups excluding tert-OH is 1. The lowest BCUT2D eigenvalue weighted by Gasteiger charge is -2.05. The van der Waals surface area contributed by atoms with Crippen LogP contribution >= 0.6 is 24.8 Å². The van der Waals surface area contributed by atoms with Crippen molar-refractivity contribution in [2.45, 2.75) is 18.9 Å². The van der Waals surface area contributed by atoms with Crippen molar-refractivity contribution < 1.29 is 5.11 Å². The molecule has 0 unspecified atom stereocenters. The van der Waals surface area contributed by atoms with Crippen molar-refractivity contribution in [1.82, 2.24) is 0 Å². The van der Waals surface area contributed by atoms with Crippen LogP contribution in [-0.2, 0) is 12.8 Å². The quantitative estimate of drug-likeness (QED) is 0.593. The fourth-order valence-electron chi connectivity index (χ4n) is 1.75. The van der Waals surface area contributed by atoms with Crippen molar-refractivity contribution in [1.29, 1.82) is 0 Å². The predicted octanol–water partition coefficient (Wildman–Crippen LogP) is 1.15. The third-order valence-corrected chi connectivity index (χ3v) is 2.38. The van der Waals surface area contributed by atoms with Crippen molar-refractivity contribution in [2.75, 3.05) is 11.5 Å². The Hall–Kier alpha value is -0.640. The molecule has 1 aromatic rings. The number of anilines is 2. The van der Waals surface area contributed by atoms with Gasteiger partial charge in [0, 0.05) is 24.2 Å². The van der Waals surface area contributed by atoms with Crippen LogP contribution < -0.4 is 11.5 Å². The van der Waals surface area contributed by atoms with E-state index in [4.69, 9.17) is 11.5 Å². The van der Waals surface area contributed by atoms with E-state index in [9.17, 15) is 5.11 Å². The number of nitrogens with two attached hydrogens (primary N) is 2. The highest BCUT2D eigenvalue weighted by Gasteiger charge is 2.22. The summed E-state index contributed by atoms with van der Waals surface area (Å²) in [5, 5.41) is 9.39. The molecule has 14 heavy (non-hydrogen) atoms. The van der Waals surface area contributed by atoms with Gasteiger partial charge < -0.3 is 16.6 Å². The van der Waals surface area contributed by atoms with E-state index in [1.807, 2.05) is 0 Å². The first kappa shape index (κ1) is 13.4. The van der Waals surface area contributed by atoms with Crippen LogP contribution in [0.3, 0.4) is 0 Å². The molecular weight excluding hydrogens is 223 g/mol. The van der Waals surface area contributed by atoms with Crippen LogP contribution in [0, 0.1) is 0 Å². The first-order valence-corrected chi connectivity index (χ1v) is 4.02. The minimum Gasteiger partial charge on any atom is -0.398 e. The fraction of sp³-hybridized carbons (Fsp3) is 0.333. The maximum atomic E-state index is 9.39. The Kier molecular flexibility index (Phi) is 4.52. The van der Waals surface area contributed by atoms with Crippen molar-refractivity contribution in [3.63, 3.8) is 0 Å². The summed E-state index contributed by atoms with van der Waals surface area (Å²) in [6, 6.07) is 3.60. The van der Waals surface area contributed by atoms with Crippen molar-refractivity contribution in [3.05, 3.63) is 23.3 Å². The second kappa shape index (κ2) is 4.73. The number of benzene rings is 1. The molecule has 1 aliphatic rings. The van der Waals surface area contributed by atoms with E-state index in [0.29, 0.717) is 12.8 Å². The number of rotatable bonds is 0. The van der Waals surface area contributed by atoms with Gasteiger partial charge in [-0.1, -0.05) is 0 Å². The molecule has 2 rings (SSSR count). The Balaban J connectivity index is 0.000000845. The average molecular weight is 237 g/mol. The van der Waals surface area contributed by atoms with Gasteiger partial charge in [-0.05, 0) is 23.3 Å². The van der Waals surface area contributed by atoms with Crippen molar-refractivity contribution in [3.8, 4) is 0 Å². The SMILES string of the molecule is Cl.Cl.Nc1ccc(N)c2c1CC(O)C2. The molecule has 5 N–H and O–H groups in total. The Morgan fingerprint density at radius 1 is 1.00 bits per heavy atom. The summed E-state index contributed by atoms with van der Waals surface area (Å²) in [7, 11) is 0. The van der Waals surface area contributed by atoms with Crippen LogP contribution in [0.1, 0.15) is 11.1 Å². The highest BCUT2D eigenvalue weighted by Crippen LogP contribution is 2.31. The molecule has 80 valence electrons. The smallest absolute Gasteiger partial charge is 0.0622 e. The lowest BCUT2D eigenvalue weighted by Crippen LogP contribution is -2.04. The van der Waals surface area contributed by atoms with Crippen LogP contribution in [0.25, 0.3) is 0 Å². The maximum absolute atomic E-state index is 9.39. The zero-order valence-electron chi connectivity index (χ0n) is 7.56. The second-order valence-electron chi connectivity index (χ2n) is 3.26. The topological polar surface area (TPSA) is 72.3 Å². The summed E-state index contributed by atoms with van der Waals surface area (Å²) in [4.78, 5) is 0. The molecule has 1 aromatic carbocycles. The minimum atomic E-state index is -0.299. The average Bonchev–Trinajstić information content (AvgIpc) is 2.41. The molecule has 5 heteroatoms. The molecular formula is C9H14Cl2N2O. The number of aliphatic hydroxyl groups is 1. The third-order valence-electron chi connectivity index (χ3n) is 2.38. The zero-order valence-corrected chi connectivity index (χ0v) is 9.20. The molecule has 0 heterocycles. The molecule has 0 saturated carbocycles. The highest BCUT2D eigenvalue weighted by molar-refractivity contribution is 5.85. The summed E-state index contributed by atoms with van der Waals surface area (Å²) in [5.41, 5.74) is 15.0. The molecule has 0 aliphatic heterocycles. The van der Waals surface area contributed by atoms with E-state index in [1.54, 1.807) is 12.1 Å². The van der Waals surface area contributed by atoms with Gasteiger partial charge in [0.25, 0.3) is 0 Å². The van der Waals surface area contributed by atoms with Gasteiger partial charge in [0.15, 0.2) is 0 Å². The number of nitrogen functional groups attached to an aromatic ring is 2. The number of halogens is 2. The first-order valence-electron chi connectivity index (χ1n) is 4.02. The maximum Gasteiger partial charge on any atom is 0.0622 e. The monoisotopic (exact) mass is 236 g/mol. The summed E-state index contributed by atoms with van der Waals surface area (Å²) < 4.78 is 0. The standard InChI is InChI=1S/C9H12N2O.2ClH/c10-8-1-2-9(11)7-4-5(12)3-6(7)8;;/h1-2,5,12H,3-4,10-11H2;2*1H. The summed E-state index contributed by atoms with van der Waals surface area (Å²) in [6.45, 7) is 0. The van der Waals surface area contributed by atoms with Crippen LogP contribution in [0.5, 0.6) is 0 Å². The molecule has 0 fully saturated rings. The third kappa shape index (κ3) is 2.05. The van der Waals surface area contributed by atoms with Crippen LogP contribution in [-0.4, -0.2) is 11.2 Å². The molecule has 1 aliphatic carbocycles. The summed E-state index contributed by atoms with van der Waals surface area (Å²) in [5.74, 6) is 0. The fourth-order valence-corrected chi connectivity index (χ4v) is 1.75. The Morgan fingerprint density at radius 2 is 1.36 bits per heavy atom. The van der Waals surface area contributed by atoms with Gasteiger partial charge in [-0.25, -0.2) is 0 Å². The molecule has 0 atom stereocenters. The van der Waals surface area contributed by atoms with Crippen LogP contribution in [0.4, 0.5) is 11.4 Å². The molecule has 3 nitrogen and oxygen atoms in total. The Labute approximate surface area is 95.3 Å². The van der Waals surface area contributed by atoms with E-state index < -0.39 is 0 Å². The summed E-state index contributed by atoms with van der Waals surface area (Å²) >= 11 is 0. The van der Waals surface area contributed by atoms with Gasteiger partial charge in [-0.2, -0.15) is 0 Å². The molecule has 0 saturated heterocycles. The normalized spacial score (nSPS) is 14.1. The van der Waals surface area contributed by atoms with Crippen LogP contribution in [0.15, 0.2) is 12.1 Å². The summed E-state index contributed by atoms with van der Waals surface area (Å²) in [6.07, 6.45) is 0.991. The van der Waals surface area contributed by atoms with Gasteiger partial charge in [-0.15, -0.1) is 24.8 Å². The zero-order chi connectivity index (χ0) is 8.72. The largest absolute Gasteiger partial charge is 0.398 e. The number of fused-ring (bicyclic) bond motifs is 1. The Morgan fingerprint density at radius 3 is 1.71 bits per heavy atom. The number of hydrogen-bond donors (Lipinski definition) is 3. The van der Waals surface area contributed by atoms with E-state index in [0.717, 1.165) is 22.5 Å². The Bertz CT molecular complexity index is 300. The van der Waals surface area contributed by atoms with Gasteiger partial charge in [0.05, 0.1) is 6.10 Å². The van der Waals surface area contributed by atoms with E-state index >= 15 is 0 Å².